The predicted molar refractivity (Wildman–Crippen MR) is 230 cm³/mol. The Morgan fingerprint density at radius 2 is 1.87 bits per heavy atom. The monoisotopic (exact) mass is 863 g/mol. The summed E-state index contributed by atoms with van der Waals surface area (Å²) in [4.78, 5) is 69.9. The van der Waals surface area contributed by atoms with Crippen LogP contribution in [0.25, 0.3) is 10.9 Å². The number of aromatic nitrogens is 1. The van der Waals surface area contributed by atoms with Gasteiger partial charge in [0.1, 0.15) is 40.3 Å². The Bertz CT molecular complexity index is 2220. The number of benzene rings is 1. The minimum Gasteiger partial charge on any atom is -0.496 e. The maximum absolute atomic E-state index is 14.8. The van der Waals surface area contributed by atoms with Crippen molar-refractivity contribution in [1.29, 1.82) is 0 Å². The number of urea groups is 1. The Labute approximate surface area is 356 Å². The van der Waals surface area contributed by atoms with Crippen molar-refractivity contribution in [3.63, 3.8) is 0 Å². The van der Waals surface area contributed by atoms with Crippen molar-refractivity contribution in [2.75, 3.05) is 26.5 Å². The fraction of sp³-hybridized carbons (Fsp3) is 0.628. The molecular weight excluding hydrogens is 807 g/mol. The number of thioether (sulfide) groups is 1. The fourth-order valence-electron chi connectivity index (χ4n) is 8.57. The maximum atomic E-state index is 14.8. The molecule has 1 saturated heterocycles. The second-order valence-corrected chi connectivity index (χ2v) is 20.6. The zero-order chi connectivity index (χ0) is 42.5. The summed E-state index contributed by atoms with van der Waals surface area (Å²) in [5.41, 5.74) is 0.716. The Balaban J connectivity index is 1.13. The summed E-state index contributed by atoms with van der Waals surface area (Å²) in [6.45, 7) is 5.74. The molecule has 4 heterocycles. The molecular formula is C43H57N7O8S2. The maximum Gasteiger partial charge on any atom is 0.318 e. The molecule has 324 valence electrons. The highest BCUT2D eigenvalue weighted by atomic mass is 32.2. The van der Waals surface area contributed by atoms with Crippen molar-refractivity contribution in [2.24, 2.45) is 16.8 Å². The Hall–Kier alpha value is -4.38. The lowest BCUT2D eigenvalue weighted by Gasteiger charge is -2.31. The van der Waals surface area contributed by atoms with E-state index in [1.165, 1.54) is 22.6 Å². The van der Waals surface area contributed by atoms with Crippen LogP contribution in [0.15, 0.2) is 35.3 Å². The Kier molecular flexibility index (Phi) is 11.9. The van der Waals surface area contributed by atoms with Gasteiger partial charge in [-0.05, 0) is 90.2 Å². The van der Waals surface area contributed by atoms with Gasteiger partial charge < -0.3 is 29.9 Å². The molecule has 3 N–H and O–H groups in total. The van der Waals surface area contributed by atoms with Gasteiger partial charge >= 0.3 is 6.03 Å². The summed E-state index contributed by atoms with van der Waals surface area (Å²) in [6, 6.07) is 3.37. The number of methoxy groups -OCH3 is 1. The van der Waals surface area contributed by atoms with Crippen molar-refractivity contribution in [2.45, 2.75) is 132 Å². The lowest BCUT2D eigenvalue weighted by molar-refractivity contribution is -0.141. The molecule has 5 amide bonds. The number of allylic oxidation sites excluding steroid dienone is 1. The zero-order valence-electron chi connectivity index (χ0n) is 35.1. The number of hydrogen-bond acceptors (Lipinski definition) is 11. The molecule has 4 fully saturated rings. The van der Waals surface area contributed by atoms with Crippen molar-refractivity contribution >= 4 is 61.5 Å². The standard InChI is InChI=1S/C43H57N7O8S2/c1-24(2)49(4)42(54)46-31-12-10-8-6-7-9-11-27-21-43(27,41(53)48-60(55,56)29-15-16-29)47-38(51)34-19-28(22-50(34)40(31)52)58-36-20-32(39-45-33(23-59-39)26-13-14-26)44-37-25(3)35(57-5)18-17-30(36)37/h9,11,17-18,20,24,26-29,31,33-34H,6-8,10,12-16,19,21-23H2,1-5H3,(H,46,54)(H,47,51)(H,48,53)/b11-9-/t27-,28-,31+,33?,34+,43-/m1/s1. The van der Waals surface area contributed by atoms with Crippen LogP contribution in [-0.4, -0.2) is 120 Å². The van der Waals surface area contributed by atoms with E-state index in [9.17, 15) is 27.6 Å². The number of aryl methyl sites for hydroxylation is 1. The van der Waals surface area contributed by atoms with Gasteiger partial charge in [0.15, 0.2) is 0 Å². The Morgan fingerprint density at radius 1 is 1.08 bits per heavy atom. The topological polar surface area (TPSA) is 189 Å². The molecule has 3 aliphatic carbocycles. The molecule has 0 radical (unpaired) electrons. The lowest BCUT2D eigenvalue weighted by Crippen LogP contribution is -2.59. The number of rotatable bonds is 10. The lowest BCUT2D eigenvalue weighted by atomic mass is 10.0. The second kappa shape index (κ2) is 16.8. The number of nitrogens with zero attached hydrogens (tertiary/aromatic N) is 4. The van der Waals surface area contributed by atoms with Crippen LogP contribution in [0.5, 0.6) is 11.5 Å². The molecule has 1 aromatic heterocycles. The first-order chi connectivity index (χ1) is 28.7. The molecule has 3 saturated carbocycles. The molecule has 1 aromatic carbocycles. The molecule has 0 spiro atoms. The van der Waals surface area contributed by atoms with E-state index >= 15 is 0 Å². The highest BCUT2D eigenvalue weighted by Crippen LogP contribution is 2.46. The summed E-state index contributed by atoms with van der Waals surface area (Å²) in [6.07, 6.45) is 10.2. The summed E-state index contributed by atoms with van der Waals surface area (Å²) in [7, 11) is -0.611. The van der Waals surface area contributed by atoms with Crippen LogP contribution >= 0.6 is 11.8 Å². The average molecular weight is 864 g/mol. The number of ether oxygens (including phenoxy) is 2. The fourth-order valence-corrected chi connectivity index (χ4v) is 11.1. The van der Waals surface area contributed by atoms with Gasteiger partial charge in [-0.15, -0.1) is 11.8 Å². The molecule has 1 unspecified atom stereocenters. The van der Waals surface area contributed by atoms with Crippen molar-refractivity contribution in [1.82, 2.24) is 30.1 Å². The van der Waals surface area contributed by atoms with Gasteiger partial charge in [-0.25, -0.2) is 18.2 Å². The summed E-state index contributed by atoms with van der Waals surface area (Å²) in [5.74, 6) is 0.498. The average Bonchev–Trinajstić information content (AvgIpc) is 4.17. The first-order valence-electron chi connectivity index (χ1n) is 21.4. The van der Waals surface area contributed by atoms with Crippen LogP contribution in [0.3, 0.4) is 0 Å². The number of fused-ring (bicyclic) bond motifs is 3. The van der Waals surface area contributed by atoms with Crippen LogP contribution < -0.4 is 24.8 Å². The largest absolute Gasteiger partial charge is 0.496 e. The van der Waals surface area contributed by atoms with E-state index < -0.39 is 68.7 Å². The number of amides is 5. The van der Waals surface area contributed by atoms with Gasteiger partial charge in [0, 0.05) is 48.2 Å². The second-order valence-electron chi connectivity index (χ2n) is 17.6. The van der Waals surface area contributed by atoms with Crippen LogP contribution in [0.2, 0.25) is 0 Å². The molecule has 60 heavy (non-hydrogen) atoms. The van der Waals surface area contributed by atoms with Gasteiger partial charge in [-0.1, -0.05) is 25.0 Å². The molecule has 2 aromatic rings. The van der Waals surface area contributed by atoms with E-state index in [2.05, 4.69) is 15.4 Å². The normalized spacial score (nSPS) is 29.1. The summed E-state index contributed by atoms with van der Waals surface area (Å²) in [5, 5.41) is 6.86. The van der Waals surface area contributed by atoms with Crippen molar-refractivity contribution in [3.05, 3.63) is 41.6 Å². The number of carbonyl (C=O) groups excluding carboxylic acids is 4. The van der Waals surface area contributed by atoms with Gasteiger partial charge in [0.2, 0.25) is 21.8 Å². The van der Waals surface area contributed by atoms with E-state index in [4.69, 9.17) is 19.5 Å². The molecule has 6 aliphatic rings. The highest BCUT2D eigenvalue weighted by Gasteiger charge is 2.62. The minimum absolute atomic E-state index is 0.0234. The zero-order valence-corrected chi connectivity index (χ0v) is 36.7. The SMILES string of the molecule is COc1ccc2c(O[C@@H]3C[C@H]4C(=O)N[C@]5(C(=O)NS(=O)(=O)C6CC6)C[C@H]5/C=C\CCCCC[C@H](NC(=O)N(C)C(C)C)C(=O)N4C3)cc(C3=NC(C4CC4)CS3)nc2c1C. The highest BCUT2D eigenvalue weighted by molar-refractivity contribution is 8.14. The first-order valence-corrected chi connectivity index (χ1v) is 24.0. The van der Waals surface area contributed by atoms with Crippen LogP contribution in [0.4, 0.5) is 4.79 Å². The number of nitrogens with one attached hydrogen (secondary N) is 3. The number of aliphatic imine (C=N–C) groups is 1. The summed E-state index contributed by atoms with van der Waals surface area (Å²) >= 11 is 1.69. The van der Waals surface area contributed by atoms with Crippen LogP contribution in [0.1, 0.15) is 95.7 Å². The molecule has 8 rings (SSSR count). The molecule has 15 nitrogen and oxygen atoms in total. The quantitative estimate of drug-likeness (QED) is 0.285. The molecule has 0 bridgehead atoms. The van der Waals surface area contributed by atoms with Crippen molar-refractivity contribution in [3.8, 4) is 11.5 Å². The molecule has 3 aliphatic heterocycles. The van der Waals surface area contributed by atoms with Gasteiger partial charge in [-0.3, -0.25) is 24.1 Å². The van der Waals surface area contributed by atoms with Crippen LogP contribution in [-0.2, 0) is 24.4 Å². The van der Waals surface area contributed by atoms with Gasteiger partial charge in [0.25, 0.3) is 5.91 Å². The number of pyridine rings is 1. The van der Waals surface area contributed by atoms with Gasteiger partial charge in [-0.2, -0.15) is 0 Å². The third-order valence-electron chi connectivity index (χ3n) is 13.0. The third-order valence-corrected chi connectivity index (χ3v) is 15.9. The van der Waals surface area contributed by atoms with Crippen LogP contribution in [0, 0.1) is 18.8 Å². The summed E-state index contributed by atoms with van der Waals surface area (Å²) < 4.78 is 40.7. The number of sulfonamides is 1. The van der Waals surface area contributed by atoms with Gasteiger partial charge in [0.05, 0.1) is 36.2 Å². The first kappa shape index (κ1) is 42.3. The number of hydrogen-bond donors (Lipinski definition) is 3. The number of carbonyl (C=O) groups is 4. The van der Waals surface area contributed by atoms with E-state index in [1.807, 2.05) is 51.1 Å². The van der Waals surface area contributed by atoms with E-state index in [1.54, 1.807) is 25.9 Å². The predicted octanol–water partition coefficient (Wildman–Crippen LogP) is 4.59. The molecule has 17 heteroatoms. The van der Waals surface area contributed by atoms with E-state index in [0.29, 0.717) is 60.7 Å². The van der Waals surface area contributed by atoms with E-state index in [-0.39, 0.29) is 31.5 Å². The third kappa shape index (κ3) is 8.70. The smallest absolute Gasteiger partial charge is 0.318 e. The minimum atomic E-state index is -3.90. The molecule has 6 atom stereocenters. The Morgan fingerprint density at radius 3 is 2.58 bits per heavy atom. The van der Waals surface area contributed by atoms with Crippen molar-refractivity contribution < 1.29 is 37.1 Å². The van der Waals surface area contributed by atoms with E-state index in [0.717, 1.165) is 34.6 Å².